The van der Waals surface area contributed by atoms with Gasteiger partial charge in [0.25, 0.3) is 5.91 Å². The summed E-state index contributed by atoms with van der Waals surface area (Å²) in [4.78, 5) is 29.3. The summed E-state index contributed by atoms with van der Waals surface area (Å²) < 4.78 is 5.92. The summed E-state index contributed by atoms with van der Waals surface area (Å²) in [6.45, 7) is 4.12. The number of hydrogen-bond donors (Lipinski definition) is 1. The van der Waals surface area contributed by atoms with Crippen LogP contribution in [0.3, 0.4) is 0 Å². The van der Waals surface area contributed by atoms with Crippen LogP contribution in [0.25, 0.3) is 0 Å². The first-order valence-corrected chi connectivity index (χ1v) is 14.9. The summed E-state index contributed by atoms with van der Waals surface area (Å²) in [5, 5.41) is 4.13. The molecule has 1 N–H and O–H groups in total. The van der Waals surface area contributed by atoms with Crippen LogP contribution in [0.15, 0.2) is 72.8 Å². The van der Waals surface area contributed by atoms with E-state index in [0.717, 1.165) is 31.2 Å². The van der Waals surface area contributed by atoms with Gasteiger partial charge in [-0.25, -0.2) is 0 Å². The smallest absolute Gasteiger partial charge is 0.261 e. The first kappa shape index (κ1) is 30.0. The third kappa shape index (κ3) is 8.25. The number of benzene rings is 3. The molecule has 0 bridgehead atoms. The Kier molecular flexibility index (Phi) is 10.9. The fraction of sp³-hybridized carbons (Fsp3) is 0.394. The molecular formula is C33H38Cl2N2O3. The second-order valence-corrected chi connectivity index (χ2v) is 11.6. The zero-order valence-corrected chi connectivity index (χ0v) is 24.8. The van der Waals surface area contributed by atoms with Crippen LogP contribution in [0.2, 0.25) is 10.0 Å². The molecule has 0 aliphatic heterocycles. The molecule has 4 rings (SSSR count). The Hall–Kier alpha value is -3.02. The Morgan fingerprint density at radius 3 is 2.17 bits per heavy atom. The van der Waals surface area contributed by atoms with Gasteiger partial charge in [0.1, 0.15) is 11.8 Å². The van der Waals surface area contributed by atoms with Crippen molar-refractivity contribution in [1.29, 1.82) is 0 Å². The van der Waals surface area contributed by atoms with Crippen molar-refractivity contribution in [3.63, 3.8) is 0 Å². The highest BCUT2D eigenvalue weighted by Gasteiger charge is 2.33. The zero-order valence-electron chi connectivity index (χ0n) is 23.2. The van der Waals surface area contributed by atoms with E-state index < -0.39 is 6.04 Å². The van der Waals surface area contributed by atoms with E-state index in [9.17, 15) is 9.59 Å². The summed E-state index contributed by atoms with van der Waals surface area (Å²) in [6.07, 6.45) is 5.62. The van der Waals surface area contributed by atoms with Crippen molar-refractivity contribution in [3.8, 4) is 5.75 Å². The van der Waals surface area contributed by atoms with Crippen molar-refractivity contribution in [3.05, 3.63) is 99.5 Å². The van der Waals surface area contributed by atoms with Gasteiger partial charge in [-0.3, -0.25) is 9.59 Å². The third-order valence-corrected chi connectivity index (χ3v) is 8.23. The van der Waals surface area contributed by atoms with Gasteiger partial charge in [0.15, 0.2) is 6.61 Å². The fourth-order valence-corrected chi connectivity index (χ4v) is 5.65. The van der Waals surface area contributed by atoms with E-state index in [-0.39, 0.29) is 31.0 Å². The van der Waals surface area contributed by atoms with Gasteiger partial charge < -0.3 is 15.0 Å². The molecule has 1 fully saturated rings. The van der Waals surface area contributed by atoms with Crippen LogP contribution in [0.5, 0.6) is 5.75 Å². The van der Waals surface area contributed by atoms with Crippen LogP contribution in [0, 0.1) is 0 Å². The predicted octanol–water partition coefficient (Wildman–Crippen LogP) is 7.58. The predicted molar refractivity (Wildman–Crippen MR) is 162 cm³/mol. The maximum Gasteiger partial charge on any atom is 0.261 e. The van der Waals surface area contributed by atoms with Crippen LogP contribution in [-0.2, 0) is 22.6 Å². The van der Waals surface area contributed by atoms with E-state index in [4.69, 9.17) is 27.9 Å². The number of ether oxygens (including phenoxy) is 1. The number of halogens is 2. The van der Waals surface area contributed by atoms with Crippen LogP contribution < -0.4 is 10.1 Å². The molecule has 3 aromatic carbocycles. The molecule has 3 aromatic rings. The lowest BCUT2D eigenvalue weighted by Gasteiger charge is -2.33. The minimum Gasteiger partial charge on any atom is -0.484 e. The Morgan fingerprint density at radius 1 is 0.900 bits per heavy atom. The van der Waals surface area contributed by atoms with Crippen LogP contribution in [-0.4, -0.2) is 35.4 Å². The fourth-order valence-electron chi connectivity index (χ4n) is 5.13. The van der Waals surface area contributed by atoms with Gasteiger partial charge in [-0.2, -0.15) is 0 Å². The number of carbonyl (C=O) groups excluding carboxylic acids is 2. The zero-order chi connectivity index (χ0) is 28.5. The minimum absolute atomic E-state index is 0.0859. The summed E-state index contributed by atoms with van der Waals surface area (Å²) >= 11 is 13.1. The second kappa shape index (κ2) is 14.6. The molecule has 2 amide bonds. The van der Waals surface area contributed by atoms with E-state index in [1.165, 1.54) is 12.0 Å². The van der Waals surface area contributed by atoms with Crippen LogP contribution in [0.1, 0.15) is 68.6 Å². The first-order chi connectivity index (χ1) is 19.3. The Morgan fingerprint density at radius 2 is 1.55 bits per heavy atom. The highest BCUT2D eigenvalue weighted by atomic mass is 35.5. The molecule has 0 aromatic heterocycles. The first-order valence-electron chi connectivity index (χ1n) is 14.1. The van der Waals surface area contributed by atoms with Crippen molar-refractivity contribution in [2.45, 2.75) is 76.9 Å². The number of nitrogens with zero attached hydrogens (tertiary/aromatic N) is 1. The molecule has 40 heavy (non-hydrogen) atoms. The summed E-state index contributed by atoms with van der Waals surface area (Å²) in [5.74, 6) is 0.505. The quantitative estimate of drug-likeness (QED) is 0.254. The average molecular weight is 582 g/mol. The van der Waals surface area contributed by atoms with Gasteiger partial charge >= 0.3 is 0 Å². The Balaban J connectivity index is 1.62. The number of amides is 2. The molecular weight excluding hydrogens is 543 g/mol. The molecule has 7 heteroatoms. The molecule has 1 saturated carbocycles. The molecule has 0 unspecified atom stereocenters. The van der Waals surface area contributed by atoms with Crippen LogP contribution in [0.4, 0.5) is 0 Å². The number of rotatable bonds is 11. The highest BCUT2D eigenvalue weighted by Crippen LogP contribution is 2.28. The van der Waals surface area contributed by atoms with E-state index in [1.807, 2.05) is 54.6 Å². The van der Waals surface area contributed by atoms with Gasteiger partial charge in [-0.1, -0.05) is 105 Å². The number of carbonyl (C=O) groups is 2. The highest BCUT2D eigenvalue weighted by molar-refractivity contribution is 6.36. The lowest BCUT2D eigenvalue weighted by Crippen LogP contribution is -2.53. The normalized spacial score (nSPS) is 14.5. The van der Waals surface area contributed by atoms with Gasteiger partial charge in [0, 0.05) is 34.6 Å². The lowest BCUT2D eigenvalue weighted by atomic mass is 9.94. The molecule has 212 valence electrons. The van der Waals surface area contributed by atoms with Crippen molar-refractivity contribution >= 4 is 35.0 Å². The monoisotopic (exact) mass is 580 g/mol. The topological polar surface area (TPSA) is 58.6 Å². The minimum atomic E-state index is -0.768. The maximum atomic E-state index is 13.9. The van der Waals surface area contributed by atoms with Gasteiger partial charge in [0.05, 0.1) is 0 Å². The van der Waals surface area contributed by atoms with E-state index >= 15 is 0 Å². The molecule has 0 radical (unpaired) electrons. The Bertz CT molecular complexity index is 1240. The van der Waals surface area contributed by atoms with Gasteiger partial charge in [-0.05, 0) is 54.2 Å². The second-order valence-electron chi connectivity index (χ2n) is 10.8. The summed E-state index contributed by atoms with van der Waals surface area (Å²) in [7, 11) is 0. The lowest BCUT2D eigenvalue weighted by molar-refractivity contribution is -0.143. The van der Waals surface area contributed by atoms with Crippen LogP contribution >= 0.6 is 23.2 Å². The number of hydrogen-bond acceptors (Lipinski definition) is 3. The average Bonchev–Trinajstić information content (AvgIpc) is 2.96. The summed E-state index contributed by atoms with van der Waals surface area (Å²) in [6, 6.07) is 22.1. The molecule has 0 saturated heterocycles. The van der Waals surface area contributed by atoms with Crippen molar-refractivity contribution in [2.75, 3.05) is 6.61 Å². The summed E-state index contributed by atoms with van der Waals surface area (Å²) in [5.41, 5.74) is 2.75. The standard InChI is InChI=1S/C33H38Cl2N2O3/c1-23(2)25-16-18-27(19-17-25)40-22-32(38)37(21-28-29(34)14-9-15-30(28)35)31(20-24-10-5-3-6-11-24)33(39)36-26-12-7-4-8-13-26/h3,5-6,9-11,14-19,23,26,31H,4,7-8,12-13,20-22H2,1-2H3,(H,36,39)/t31-/m1/s1. The van der Waals surface area contributed by atoms with Gasteiger partial charge in [-0.15, -0.1) is 0 Å². The van der Waals surface area contributed by atoms with E-state index in [0.29, 0.717) is 33.7 Å². The molecule has 1 aliphatic rings. The molecule has 0 spiro atoms. The Labute approximate surface area is 247 Å². The van der Waals surface area contributed by atoms with Crippen molar-refractivity contribution in [1.82, 2.24) is 10.2 Å². The third-order valence-electron chi connectivity index (χ3n) is 7.52. The SMILES string of the molecule is CC(C)c1ccc(OCC(=O)N(Cc2c(Cl)cccc2Cl)[C@H](Cc2ccccc2)C(=O)NC2CCCCC2)cc1. The van der Waals surface area contributed by atoms with Gasteiger partial charge in [0.2, 0.25) is 5.91 Å². The molecule has 1 aliphatic carbocycles. The van der Waals surface area contributed by atoms with E-state index in [2.05, 4.69) is 19.2 Å². The van der Waals surface area contributed by atoms with Crippen molar-refractivity contribution < 1.29 is 14.3 Å². The van der Waals surface area contributed by atoms with Crippen molar-refractivity contribution in [2.24, 2.45) is 0 Å². The molecule has 0 heterocycles. The number of nitrogens with one attached hydrogen (secondary N) is 1. The molecule has 5 nitrogen and oxygen atoms in total. The maximum absolute atomic E-state index is 13.9. The molecule has 1 atom stereocenters. The van der Waals surface area contributed by atoms with E-state index in [1.54, 1.807) is 23.1 Å². The largest absolute Gasteiger partial charge is 0.484 e.